The third-order valence-electron chi connectivity index (χ3n) is 3.38. The Balaban J connectivity index is 2.12. The van der Waals surface area contributed by atoms with Gasteiger partial charge in [0.25, 0.3) is 5.56 Å². The molecule has 0 aliphatic heterocycles. The van der Waals surface area contributed by atoms with Gasteiger partial charge in [0.1, 0.15) is 4.83 Å². The molecule has 1 unspecified atom stereocenters. The van der Waals surface area contributed by atoms with Crippen molar-refractivity contribution in [3.05, 3.63) is 27.1 Å². The lowest BCUT2D eigenvalue weighted by atomic mass is 9.87. The molecule has 6 heteroatoms. The van der Waals surface area contributed by atoms with Crippen molar-refractivity contribution in [2.45, 2.75) is 19.3 Å². The monoisotopic (exact) mass is 264 g/mol. The molecule has 0 saturated carbocycles. The summed E-state index contributed by atoms with van der Waals surface area (Å²) in [5.41, 5.74) is 0.856. The van der Waals surface area contributed by atoms with E-state index >= 15 is 0 Å². The molecule has 0 fully saturated rings. The fourth-order valence-corrected chi connectivity index (χ4v) is 3.67. The lowest BCUT2D eigenvalue weighted by Crippen LogP contribution is -2.23. The summed E-state index contributed by atoms with van der Waals surface area (Å²) >= 11 is 1.55. The second-order valence-electron chi connectivity index (χ2n) is 4.38. The fraction of sp³-hybridized carbons (Fsp3) is 0.417. The first kappa shape index (κ1) is 11.4. The van der Waals surface area contributed by atoms with Gasteiger partial charge in [-0.15, -0.1) is 11.3 Å². The third-order valence-corrected chi connectivity index (χ3v) is 4.58. The number of aryl methyl sites for hydroxylation is 1. The smallest absolute Gasteiger partial charge is 0.309 e. The van der Waals surface area contributed by atoms with Crippen LogP contribution in [0.25, 0.3) is 10.2 Å². The number of ether oxygens (including phenoxy) is 1. The summed E-state index contributed by atoms with van der Waals surface area (Å²) < 4.78 is 4.79. The zero-order valence-corrected chi connectivity index (χ0v) is 10.7. The van der Waals surface area contributed by atoms with E-state index in [1.54, 1.807) is 11.3 Å². The lowest BCUT2D eigenvalue weighted by Gasteiger charge is -2.19. The molecule has 0 saturated heterocycles. The van der Waals surface area contributed by atoms with Gasteiger partial charge in [-0.1, -0.05) is 0 Å². The van der Waals surface area contributed by atoms with Crippen LogP contribution in [0, 0.1) is 5.92 Å². The molecule has 0 radical (unpaired) electrons. The number of thiophene rings is 1. The maximum atomic E-state index is 11.9. The quantitative estimate of drug-likeness (QED) is 0.787. The molecule has 0 aromatic carbocycles. The van der Waals surface area contributed by atoms with E-state index < -0.39 is 0 Å². The van der Waals surface area contributed by atoms with Gasteiger partial charge in [0.05, 0.1) is 24.7 Å². The van der Waals surface area contributed by atoms with Crippen molar-refractivity contribution in [2.75, 3.05) is 7.11 Å². The zero-order chi connectivity index (χ0) is 12.7. The predicted octanol–water partition coefficient (Wildman–Crippen LogP) is 1.26. The summed E-state index contributed by atoms with van der Waals surface area (Å²) in [5, 5.41) is 0.645. The van der Waals surface area contributed by atoms with Gasteiger partial charge in [0.15, 0.2) is 0 Å². The van der Waals surface area contributed by atoms with Crippen LogP contribution in [0.4, 0.5) is 0 Å². The Hall–Kier alpha value is -1.69. The molecule has 0 amide bonds. The molecule has 18 heavy (non-hydrogen) atoms. The Labute approximate surface area is 107 Å². The van der Waals surface area contributed by atoms with Crippen molar-refractivity contribution in [3.63, 3.8) is 0 Å². The standard InChI is InChI=1S/C12H12N2O3S/c1-17-12(16)6-2-3-8-7(4-6)9-10(15)13-5-14-11(9)18-8/h5-6H,2-4H2,1H3,(H,13,14,15). The van der Waals surface area contributed by atoms with Crippen molar-refractivity contribution in [2.24, 2.45) is 5.92 Å². The average molecular weight is 264 g/mol. The molecule has 1 aliphatic carbocycles. The van der Waals surface area contributed by atoms with E-state index in [1.807, 2.05) is 0 Å². The average Bonchev–Trinajstić information content (AvgIpc) is 2.76. The van der Waals surface area contributed by atoms with E-state index in [4.69, 9.17) is 4.74 Å². The number of rotatable bonds is 1. The van der Waals surface area contributed by atoms with E-state index in [1.165, 1.54) is 18.3 Å². The molecule has 5 nitrogen and oxygen atoms in total. The molecule has 3 rings (SSSR count). The van der Waals surface area contributed by atoms with E-state index in [2.05, 4.69) is 9.97 Å². The summed E-state index contributed by atoms with van der Waals surface area (Å²) in [7, 11) is 1.40. The van der Waals surface area contributed by atoms with Crippen molar-refractivity contribution >= 4 is 27.5 Å². The van der Waals surface area contributed by atoms with E-state index in [-0.39, 0.29) is 17.4 Å². The van der Waals surface area contributed by atoms with Gasteiger partial charge in [-0.25, -0.2) is 4.98 Å². The number of esters is 1. The van der Waals surface area contributed by atoms with E-state index in [0.29, 0.717) is 11.8 Å². The second kappa shape index (κ2) is 4.20. The van der Waals surface area contributed by atoms with Gasteiger partial charge in [0, 0.05) is 4.88 Å². The van der Waals surface area contributed by atoms with Crippen LogP contribution in [0.3, 0.4) is 0 Å². The minimum absolute atomic E-state index is 0.122. The highest BCUT2D eigenvalue weighted by Gasteiger charge is 2.29. The largest absolute Gasteiger partial charge is 0.469 e. The highest BCUT2D eigenvalue weighted by molar-refractivity contribution is 7.18. The summed E-state index contributed by atoms with van der Waals surface area (Å²) in [6.07, 6.45) is 3.60. The van der Waals surface area contributed by atoms with Gasteiger partial charge in [-0.3, -0.25) is 9.59 Å². The number of hydrogen-bond acceptors (Lipinski definition) is 5. The van der Waals surface area contributed by atoms with Crippen molar-refractivity contribution in [1.82, 2.24) is 9.97 Å². The Morgan fingerprint density at radius 2 is 2.44 bits per heavy atom. The highest BCUT2D eigenvalue weighted by Crippen LogP contribution is 2.35. The minimum atomic E-state index is -0.194. The number of fused-ring (bicyclic) bond motifs is 3. The maximum absolute atomic E-state index is 11.9. The van der Waals surface area contributed by atoms with Crippen LogP contribution < -0.4 is 5.56 Å². The molecule has 2 heterocycles. The highest BCUT2D eigenvalue weighted by atomic mass is 32.1. The number of nitrogens with one attached hydrogen (secondary N) is 1. The van der Waals surface area contributed by atoms with Gasteiger partial charge in [-0.2, -0.15) is 0 Å². The molecule has 1 aliphatic rings. The fourth-order valence-electron chi connectivity index (χ4n) is 2.48. The Bertz CT molecular complexity index is 674. The first-order chi connectivity index (χ1) is 8.70. The van der Waals surface area contributed by atoms with Crippen LogP contribution in [0.1, 0.15) is 16.9 Å². The normalized spacial score (nSPS) is 18.6. The first-order valence-corrected chi connectivity index (χ1v) is 6.58. The Kier molecular flexibility index (Phi) is 2.66. The van der Waals surface area contributed by atoms with Crippen molar-refractivity contribution in [1.29, 1.82) is 0 Å². The number of carbonyl (C=O) groups excluding carboxylic acids is 1. The van der Waals surface area contributed by atoms with Gasteiger partial charge >= 0.3 is 5.97 Å². The number of hydrogen-bond donors (Lipinski definition) is 1. The summed E-state index contributed by atoms with van der Waals surface area (Å²) in [5.74, 6) is -0.333. The predicted molar refractivity (Wildman–Crippen MR) is 67.8 cm³/mol. The number of H-pyrrole nitrogens is 1. The van der Waals surface area contributed by atoms with Crippen LogP contribution in [0.15, 0.2) is 11.1 Å². The molecule has 0 spiro atoms. The number of nitrogens with zero attached hydrogens (tertiary/aromatic N) is 1. The molecule has 94 valence electrons. The summed E-state index contributed by atoms with van der Waals surface area (Å²) in [4.78, 5) is 32.2. The first-order valence-electron chi connectivity index (χ1n) is 5.76. The number of aromatic nitrogens is 2. The van der Waals surface area contributed by atoms with Crippen LogP contribution >= 0.6 is 11.3 Å². The zero-order valence-electron chi connectivity index (χ0n) is 9.86. The minimum Gasteiger partial charge on any atom is -0.469 e. The summed E-state index contributed by atoms with van der Waals surface area (Å²) in [6.45, 7) is 0. The number of aromatic amines is 1. The molecular formula is C12H12N2O3S. The van der Waals surface area contributed by atoms with Gasteiger partial charge in [-0.05, 0) is 24.8 Å². The molecule has 0 bridgehead atoms. The molecule has 2 aromatic rings. The Morgan fingerprint density at radius 1 is 1.61 bits per heavy atom. The van der Waals surface area contributed by atoms with Crippen LogP contribution in [0.2, 0.25) is 0 Å². The lowest BCUT2D eigenvalue weighted by molar-refractivity contribution is -0.145. The van der Waals surface area contributed by atoms with Crippen molar-refractivity contribution in [3.8, 4) is 0 Å². The number of methoxy groups -OCH3 is 1. The molecule has 1 atom stereocenters. The SMILES string of the molecule is COC(=O)C1CCc2sc3nc[nH]c(=O)c3c2C1. The van der Waals surface area contributed by atoms with Crippen LogP contribution in [-0.4, -0.2) is 23.0 Å². The Morgan fingerprint density at radius 3 is 3.22 bits per heavy atom. The molecule has 2 aromatic heterocycles. The maximum Gasteiger partial charge on any atom is 0.309 e. The molecular weight excluding hydrogens is 252 g/mol. The third kappa shape index (κ3) is 1.64. The van der Waals surface area contributed by atoms with E-state index in [9.17, 15) is 9.59 Å². The van der Waals surface area contributed by atoms with E-state index in [0.717, 1.165) is 23.2 Å². The number of carbonyl (C=O) groups is 1. The van der Waals surface area contributed by atoms with Gasteiger partial charge in [0.2, 0.25) is 0 Å². The van der Waals surface area contributed by atoms with Crippen LogP contribution in [0.5, 0.6) is 0 Å². The summed E-state index contributed by atoms with van der Waals surface area (Å²) in [6, 6.07) is 0. The second-order valence-corrected chi connectivity index (χ2v) is 5.46. The van der Waals surface area contributed by atoms with Crippen LogP contribution in [-0.2, 0) is 22.4 Å². The molecule has 1 N–H and O–H groups in total. The topological polar surface area (TPSA) is 72.0 Å². The van der Waals surface area contributed by atoms with Crippen molar-refractivity contribution < 1.29 is 9.53 Å². The van der Waals surface area contributed by atoms with Gasteiger partial charge < -0.3 is 9.72 Å².